The van der Waals surface area contributed by atoms with E-state index in [1.807, 2.05) is 18.0 Å². The van der Waals surface area contributed by atoms with E-state index in [2.05, 4.69) is 4.90 Å². The van der Waals surface area contributed by atoms with Crippen molar-refractivity contribution in [3.63, 3.8) is 0 Å². The Balaban J connectivity index is 1.83. The molecule has 8 nitrogen and oxygen atoms in total. The number of carbonyl (C=O) groups excluding carboxylic acids is 2. The molecule has 3 aliphatic heterocycles. The molecule has 0 saturated carbocycles. The summed E-state index contributed by atoms with van der Waals surface area (Å²) in [5.74, 6) is -2.35. The van der Waals surface area contributed by atoms with Crippen molar-refractivity contribution in [2.24, 2.45) is 5.73 Å². The van der Waals surface area contributed by atoms with Gasteiger partial charge in [0.15, 0.2) is 5.78 Å². The number of fused-ring (bicyclic) bond motifs is 1. The average molecular weight is 421 g/mol. The highest BCUT2D eigenvalue weighted by Gasteiger charge is 2.41. The Labute approximate surface area is 174 Å². The number of rotatable bonds is 5. The van der Waals surface area contributed by atoms with Crippen LogP contribution in [0.25, 0.3) is 0 Å². The highest BCUT2D eigenvalue weighted by atomic mass is 19.1. The summed E-state index contributed by atoms with van der Waals surface area (Å²) in [6.45, 7) is 2.36. The predicted molar refractivity (Wildman–Crippen MR) is 107 cm³/mol. The predicted octanol–water partition coefficient (Wildman–Crippen LogP) is 1.14. The number of piperidine rings is 2. The largest absolute Gasteiger partial charge is 0.477 e. The number of alkyl halides is 1. The van der Waals surface area contributed by atoms with Crippen LogP contribution < -0.4 is 5.73 Å². The highest BCUT2D eigenvalue weighted by molar-refractivity contribution is 6.24. The Morgan fingerprint density at radius 2 is 2.03 bits per heavy atom. The molecule has 0 aromatic carbocycles. The van der Waals surface area contributed by atoms with Crippen LogP contribution in [0.15, 0.2) is 35.2 Å². The van der Waals surface area contributed by atoms with Gasteiger partial charge in [0, 0.05) is 49.9 Å². The maximum Gasteiger partial charge on any atom is 0.341 e. The average Bonchev–Trinajstić information content (AvgIpc) is 2.72. The molecule has 1 unspecified atom stereocenters. The van der Waals surface area contributed by atoms with Gasteiger partial charge in [-0.25, -0.2) is 9.18 Å². The van der Waals surface area contributed by atoms with E-state index in [0.717, 1.165) is 18.4 Å². The first-order chi connectivity index (χ1) is 14.3. The highest BCUT2D eigenvalue weighted by Crippen LogP contribution is 2.37. The fourth-order valence-corrected chi connectivity index (χ4v) is 4.32. The second-order valence-electron chi connectivity index (χ2n) is 7.86. The molecule has 2 saturated heterocycles. The van der Waals surface area contributed by atoms with Gasteiger partial charge in [-0.2, -0.15) is 0 Å². The third kappa shape index (κ3) is 4.56. The molecule has 2 atom stereocenters. The van der Waals surface area contributed by atoms with Gasteiger partial charge in [0.25, 0.3) is 0 Å². The first kappa shape index (κ1) is 22.0. The second-order valence-corrected chi connectivity index (χ2v) is 7.86. The zero-order chi connectivity index (χ0) is 21.8. The molecular formula is C21H28FN3O5. The van der Waals surface area contributed by atoms with Gasteiger partial charge in [-0.3, -0.25) is 9.59 Å². The van der Waals surface area contributed by atoms with Crippen molar-refractivity contribution >= 4 is 17.7 Å². The zero-order valence-electron chi connectivity index (χ0n) is 17.1. The summed E-state index contributed by atoms with van der Waals surface area (Å²) in [7, 11) is 0. The Morgan fingerprint density at radius 1 is 1.33 bits per heavy atom. The van der Waals surface area contributed by atoms with Crippen LogP contribution in [-0.4, -0.2) is 77.1 Å². The van der Waals surface area contributed by atoms with Gasteiger partial charge in [0.05, 0.1) is 12.6 Å². The molecule has 0 radical (unpaired) electrons. The van der Waals surface area contributed by atoms with Crippen LogP contribution in [0.2, 0.25) is 0 Å². The second kappa shape index (κ2) is 9.42. The molecule has 0 bridgehead atoms. The third-order valence-corrected chi connectivity index (χ3v) is 5.91. The summed E-state index contributed by atoms with van der Waals surface area (Å²) in [6, 6.07) is -0.438. The Bertz CT molecular complexity index is 798. The number of nitrogens with zero attached hydrogens (tertiary/aromatic N) is 2. The normalized spacial score (nSPS) is 27.8. The fraction of sp³-hybridized carbons (Fsp3) is 0.571. The molecule has 30 heavy (non-hydrogen) atoms. The molecule has 0 aliphatic carbocycles. The van der Waals surface area contributed by atoms with Crippen LogP contribution >= 0.6 is 0 Å². The number of ether oxygens (including phenoxy) is 1. The summed E-state index contributed by atoms with van der Waals surface area (Å²) >= 11 is 0. The lowest BCUT2D eigenvalue weighted by molar-refractivity contribution is -0.149. The minimum atomic E-state index is -1.30. The van der Waals surface area contributed by atoms with E-state index < -0.39 is 30.4 Å². The number of carboxylic acids is 1. The lowest BCUT2D eigenvalue weighted by Gasteiger charge is -2.45. The van der Waals surface area contributed by atoms with E-state index in [1.165, 1.54) is 12.3 Å². The molecular weight excluding hydrogens is 393 g/mol. The van der Waals surface area contributed by atoms with E-state index in [-0.39, 0.29) is 29.8 Å². The van der Waals surface area contributed by atoms with E-state index in [1.54, 1.807) is 0 Å². The maximum atomic E-state index is 13.2. The molecule has 0 amide bonds. The number of likely N-dealkylation sites (tertiary alicyclic amines) is 1. The summed E-state index contributed by atoms with van der Waals surface area (Å²) in [6.07, 6.45) is 7.33. The quantitative estimate of drug-likeness (QED) is 0.386. The summed E-state index contributed by atoms with van der Waals surface area (Å²) in [5, 5.41) is 9.40. The van der Waals surface area contributed by atoms with Gasteiger partial charge in [-0.05, 0) is 31.4 Å². The van der Waals surface area contributed by atoms with E-state index in [0.29, 0.717) is 25.9 Å². The van der Waals surface area contributed by atoms with Gasteiger partial charge >= 0.3 is 11.9 Å². The lowest BCUT2D eigenvalue weighted by atomic mass is 9.81. The fourth-order valence-electron chi connectivity index (χ4n) is 4.32. The molecule has 3 N–H and O–H groups in total. The van der Waals surface area contributed by atoms with Crippen molar-refractivity contribution in [2.75, 3.05) is 26.3 Å². The van der Waals surface area contributed by atoms with Crippen molar-refractivity contribution in [2.45, 2.75) is 50.8 Å². The molecule has 164 valence electrons. The number of carbonyl (C=O) groups is 3. The van der Waals surface area contributed by atoms with Crippen molar-refractivity contribution in [3.05, 3.63) is 35.2 Å². The number of allylic oxidation sites excluding steroid dienone is 1. The molecule has 3 heterocycles. The summed E-state index contributed by atoms with van der Waals surface area (Å²) in [4.78, 5) is 39.6. The van der Waals surface area contributed by atoms with E-state index >= 15 is 0 Å². The SMILES string of the molecule is C[C@H]1CCC(=CN2CCC(OC(=O)CN)CC2)C2C(=CCF)C(=O)C(C(=O)O)=CN21. The molecule has 0 aromatic heterocycles. The third-order valence-electron chi connectivity index (χ3n) is 5.91. The lowest BCUT2D eigenvalue weighted by Crippen LogP contribution is -2.50. The number of hydrogen-bond acceptors (Lipinski definition) is 7. The standard InChI is InChI=1S/C21H28FN3O5/c1-13-2-3-14(11-24-8-5-15(6-9-24)30-18(26)10-23)19-16(4-7-22)20(27)17(21(28)29)12-25(13)19/h4,11-13,15,19H,2-3,5-10,23H2,1H3,(H,28,29)/t13-,19?/m0/s1. The van der Waals surface area contributed by atoms with Crippen molar-refractivity contribution in [3.8, 4) is 0 Å². The van der Waals surface area contributed by atoms with Crippen LogP contribution in [0, 0.1) is 0 Å². The molecule has 3 rings (SSSR count). The smallest absolute Gasteiger partial charge is 0.341 e. The Morgan fingerprint density at radius 3 is 2.63 bits per heavy atom. The number of halogens is 1. The van der Waals surface area contributed by atoms with Crippen LogP contribution in [0.4, 0.5) is 4.39 Å². The number of esters is 1. The minimum Gasteiger partial charge on any atom is -0.477 e. The van der Waals surface area contributed by atoms with Gasteiger partial charge in [-0.1, -0.05) is 0 Å². The van der Waals surface area contributed by atoms with Gasteiger partial charge in [0.2, 0.25) is 0 Å². The number of hydrogen-bond donors (Lipinski definition) is 2. The Hall–Kier alpha value is -2.68. The maximum absolute atomic E-state index is 13.2. The van der Waals surface area contributed by atoms with E-state index in [9.17, 15) is 23.9 Å². The van der Waals surface area contributed by atoms with Crippen LogP contribution in [0.3, 0.4) is 0 Å². The minimum absolute atomic E-state index is 0.0269. The first-order valence-electron chi connectivity index (χ1n) is 10.2. The monoisotopic (exact) mass is 421 g/mol. The van der Waals surface area contributed by atoms with Crippen molar-refractivity contribution in [1.82, 2.24) is 9.80 Å². The van der Waals surface area contributed by atoms with Gasteiger partial charge < -0.3 is 25.4 Å². The molecule has 0 aromatic rings. The van der Waals surface area contributed by atoms with Crippen LogP contribution in [0.5, 0.6) is 0 Å². The molecule has 2 fully saturated rings. The van der Waals surface area contributed by atoms with E-state index in [4.69, 9.17) is 10.5 Å². The summed E-state index contributed by atoms with van der Waals surface area (Å²) < 4.78 is 18.5. The number of carboxylic acid groups (broad SMARTS) is 1. The first-order valence-corrected chi connectivity index (χ1v) is 10.2. The summed E-state index contributed by atoms with van der Waals surface area (Å²) in [5.41, 5.74) is 6.10. The molecule has 3 aliphatic rings. The van der Waals surface area contributed by atoms with Crippen molar-refractivity contribution in [1.29, 1.82) is 0 Å². The number of ketones is 1. The number of aliphatic carboxylic acids is 1. The molecule has 0 spiro atoms. The van der Waals surface area contributed by atoms with Gasteiger partial charge in [-0.15, -0.1) is 0 Å². The topological polar surface area (TPSA) is 113 Å². The number of Topliss-reactive ketones (excluding diaryl/α,β-unsaturated/α-hetero) is 1. The zero-order valence-corrected chi connectivity index (χ0v) is 17.1. The van der Waals surface area contributed by atoms with Crippen LogP contribution in [-0.2, 0) is 19.1 Å². The molecule has 9 heteroatoms. The number of nitrogens with two attached hydrogens (primary N) is 1. The van der Waals surface area contributed by atoms with Gasteiger partial charge in [0.1, 0.15) is 18.4 Å². The van der Waals surface area contributed by atoms with Crippen molar-refractivity contribution < 1.29 is 28.6 Å². The van der Waals surface area contributed by atoms with Crippen LogP contribution in [0.1, 0.15) is 32.6 Å². The Kier molecular flexibility index (Phi) is 6.91.